The molecular formula is C42H52F7N2O13S4+. The molecule has 4 rings (SSSR count). The normalized spacial score (nSPS) is 19.8. The van der Waals surface area contributed by atoms with Crippen molar-refractivity contribution in [3.63, 3.8) is 0 Å². The lowest BCUT2D eigenvalue weighted by Crippen LogP contribution is -2.32. The van der Waals surface area contributed by atoms with Gasteiger partial charge in [0.15, 0.2) is 17.3 Å². The number of hydrogen-bond donors (Lipinski definition) is 4. The van der Waals surface area contributed by atoms with Gasteiger partial charge >= 0.3 is 11.5 Å². The van der Waals surface area contributed by atoms with Crippen molar-refractivity contribution in [3.8, 4) is 0 Å². The molecular weight excluding hydrogens is 1000 g/mol. The molecule has 380 valence electrons. The van der Waals surface area contributed by atoms with Crippen LogP contribution in [0.5, 0.6) is 0 Å². The van der Waals surface area contributed by atoms with Crippen LogP contribution in [0.3, 0.4) is 0 Å². The van der Waals surface area contributed by atoms with E-state index in [1.165, 1.54) is 41.9 Å². The van der Waals surface area contributed by atoms with Crippen molar-refractivity contribution in [1.82, 2.24) is 0 Å². The number of carboxylic acids is 1. The molecule has 0 fully saturated rings. The standard InChI is InChI=1S/C42H51F7N2O13S4/c1-40(20-8-12-24-65(54,55)56)29-27-28(68(63,64)42(47,48)49)18-19-30(29)50(22-11-14-26-67(60,61)62)31(40)15-5-3-6-16-32-41(2,21-9-13-25-66(57,58)59)34-35(43)36(44)37(45)38(46)39(34)51(32)23-10-4-7-17-33(52)53/h3,5-6,15-16,18-19,27H,4,7-14,17,20-26H2,1-2H3,(H3-,52,53,54,55,56,57,58,59,60,61,62)/p+1. The van der Waals surface area contributed by atoms with Gasteiger partial charge in [-0.05, 0) is 95.1 Å². The molecule has 2 atom stereocenters. The number of allylic oxidation sites excluding steroid dienone is 6. The highest BCUT2D eigenvalue weighted by Crippen LogP contribution is 2.52. The second-order valence-corrected chi connectivity index (χ2v) is 23.6. The molecule has 0 spiro atoms. The molecule has 0 amide bonds. The molecule has 2 heterocycles. The minimum atomic E-state index is -5.89. The van der Waals surface area contributed by atoms with Gasteiger partial charge in [-0.25, -0.2) is 21.6 Å². The number of sulfone groups is 1. The third-order valence-corrected chi connectivity index (χ3v) is 15.8. The highest BCUT2D eigenvalue weighted by Gasteiger charge is 2.53. The summed E-state index contributed by atoms with van der Waals surface area (Å²) in [6, 6.07) is 2.70. The maximum absolute atomic E-state index is 15.9. The van der Waals surface area contributed by atoms with Gasteiger partial charge in [0.05, 0.1) is 33.1 Å². The number of aliphatic carboxylic acids is 1. The fourth-order valence-corrected chi connectivity index (χ4v) is 11.2. The molecule has 2 aliphatic rings. The Bertz CT molecular complexity index is 2830. The molecule has 2 unspecified atom stereocenters. The van der Waals surface area contributed by atoms with E-state index in [-0.39, 0.29) is 107 Å². The van der Waals surface area contributed by atoms with Gasteiger partial charge in [0.25, 0.3) is 45.9 Å². The fraction of sp³-hybridized carbons (Fsp3) is 0.524. The Morgan fingerprint density at radius 1 is 0.691 bits per heavy atom. The van der Waals surface area contributed by atoms with E-state index in [2.05, 4.69) is 0 Å². The van der Waals surface area contributed by atoms with Crippen LogP contribution in [0.25, 0.3) is 0 Å². The number of benzene rings is 2. The average molecular weight is 1050 g/mol. The summed E-state index contributed by atoms with van der Waals surface area (Å²) >= 11 is 0. The Morgan fingerprint density at radius 2 is 1.24 bits per heavy atom. The SMILES string of the molecule is CC1(CCCCS(=O)(=O)O)C(/C=C/C=C/C=C2/N(CCCCS(=O)(=O)O)c3ccc(S(=O)(=O)C(F)(F)F)cc3C2(C)CCCCS(=O)(=O)O)=[N+](CCCCCC(=O)O)c2c(F)c(F)c(F)c(F)c21. The lowest BCUT2D eigenvalue weighted by atomic mass is 9.75. The van der Waals surface area contributed by atoms with E-state index in [4.69, 9.17) is 5.11 Å². The molecule has 4 N–H and O–H groups in total. The van der Waals surface area contributed by atoms with Crippen molar-refractivity contribution < 1.29 is 92.5 Å². The molecule has 0 bridgehead atoms. The number of hydrogen-bond acceptors (Lipinski definition) is 10. The van der Waals surface area contributed by atoms with Gasteiger partial charge in [0, 0.05) is 42.3 Å². The van der Waals surface area contributed by atoms with Crippen LogP contribution in [-0.2, 0) is 55.8 Å². The zero-order chi connectivity index (χ0) is 51.3. The van der Waals surface area contributed by atoms with E-state index in [9.17, 15) is 74.1 Å². The van der Waals surface area contributed by atoms with E-state index in [1.54, 1.807) is 11.8 Å². The van der Waals surface area contributed by atoms with Gasteiger partial charge in [-0.2, -0.15) is 47.4 Å². The highest BCUT2D eigenvalue weighted by atomic mass is 32.2. The minimum absolute atomic E-state index is 0.0195. The number of alkyl halides is 3. The fourth-order valence-electron chi connectivity index (χ4n) is 8.68. The number of carboxylic acid groups (broad SMARTS) is 1. The molecule has 2 aromatic carbocycles. The second kappa shape index (κ2) is 21.8. The second-order valence-electron chi connectivity index (χ2n) is 16.9. The van der Waals surface area contributed by atoms with Gasteiger partial charge in [-0.1, -0.05) is 31.1 Å². The Kier molecular flexibility index (Phi) is 18.1. The lowest BCUT2D eigenvalue weighted by Gasteiger charge is -2.30. The first-order valence-electron chi connectivity index (χ1n) is 21.1. The van der Waals surface area contributed by atoms with Crippen molar-refractivity contribution in [2.24, 2.45) is 0 Å². The van der Waals surface area contributed by atoms with Crippen LogP contribution < -0.4 is 4.90 Å². The number of unbranched alkanes of at least 4 members (excludes halogenated alkanes) is 5. The molecule has 68 heavy (non-hydrogen) atoms. The first kappa shape index (κ1) is 56.4. The largest absolute Gasteiger partial charge is 0.501 e. The molecule has 0 radical (unpaired) electrons. The number of fused-ring (bicyclic) bond motifs is 2. The number of anilines is 1. The maximum atomic E-state index is 15.9. The van der Waals surface area contributed by atoms with Crippen molar-refractivity contribution in [1.29, 1.82) is 0 Å². The Hall–Kier alpha value is -4.21. The number of halogens is 7. The van der Waals surface area contributed by atoms with Crippen molar-refractivity contribution >= 4 is 63.2 Å². The summed E-state index contributed by atoms with van der Waals surface area (Å²) in [5.41, 5.74) is -9.36. The molecule has 15 nitrogen and oxygen atoms in total. The van der Waals surface area contributed by atoms with E-state index in [0.717, 1.165) is 18.2 Å². The van der Waals surface area contributed by atoms with Crippen LogP contribution in [0, 0.1) is 23.3 Å². The summed E-state index contributed by atoms with van der Waals surface area (Å²) in [4.78, 5) is 11.6. The number of carbonyl (C=O) groups is 1. The maximum Gasteiger partial charge on any atom is 0.501 e. The van der Waals surface area contributed by atoms with Gasteiger partial charge in [-0.15, -0.1) is 0 Å². The monoisotopic (exact) mass is 1050 g/mol. The predicted molar refractivity (Wildman–Crippen MR) is 236 cm³/mol. The van der Waals surface area contributed by atoms with Gasteiger partial charge < -0.3 is 10.0 Å². The first-order valence-corrected chi connectivity index (χ1v) is 27.5. The van der Waals surface area contributed by atoms with Gasteiger partial charge in [-0.3, -0.25) is 18.5 Å². The third-order valence-electron chi connectivity index (χ3n) is 11.9. The zero-order valence-corrected chi connectivity index (χ0v) is 40.0. The smallest absolute Gasteiger partial charge is 0.481 e. The predicted octanol–water partition coefficient (Wildman–Crippen LogP) is 8.10. The summed E-state index contributed by atoms with van der Waals surface area (Å²) in [5.74, 6) is -10.8. The molecule has 0 saturated heterocycles. The van der Waals surface area contributed by atoms with Crippen LogP contribution in [0.15, 0.2) is 59.2 Å². The lowest BCUT2D eigenvalue weighted by molar-refractivity contribution is -0.441. The summed E-state index contributed by atoms with van der Waals surface area (Å²) in [5, 5.41) is 9.08. The minimum Gasteiger partial charge on any atom is -0.481 e. The molecule has 0 saturated carbocycles. The summed E-state index contributed by atoms with van der Waals surface area (Å²) < 4.78 is 226. The van der Waals surface area contributed by atoms with E-state index in [1.807, 2.05) is 0 Å². The van der Waals surface area contributed by atoms with Crippen molar-refractivity contribution in [3.05, 3.63) is 88.7 Å². The van der Waals surface area contributed by atoms with Gasteiger partial charge in [0.1, 0.15) is 6.54 Å². The molecule has 26 heteroatoms. The molecule has 0 aliphatic carbocycles. The van der Waals surface area contributed by atoms with Crippen LogP contribution >= 0.6 is 0 Å². The topological polar surface area (TPSA) is 241 Å². The third kappa shape index (κ3) is 13.6. The summed E-state index contributed by atoms with van der Waals surface area (Å²) in [6.07, 6.45) is 6.76. The van der Waals surface area contributed by atoms with Crippen molar-refractivity contribution in [2.75, 3.05) is 35.2 Å². The molecule has 2 aromatic rings. The number of rotatable bonds is 25. The zero-order valence-electron chi connectivity index (χ0n) is 36.8. The van der Waals surface area contributed by atoms with E-state index in [0.29, 0.717) is 5.70 Å². The van der Waals surface area contributed by atoms with E-state index < -0.39 is 119 Å². The van der Waals surface area contributed by atoms with Crippen molar-refractivity contribution in [2.45, 2.75) is 112 Å². The Morgan fingerprint density at radius 3 is 1.78 bits per heavy atom. The quantitative estimate of drug-likeness (QED) is 0.0140. The summed E-state index contributed by atoms with van der Waals surface area (Å²) in [6.45, 7) is 2.74. The molecule has 0 aromatic heterocycles. The summed E-state index contributed by atoms with van der Waals surface area (Å²) in [7, 11) is -19.2. The number of nitrogens with zero attached hydrogens (tertiary/aromatic N) is 2. The Labute approximate surface area is 390 Å². The van der Waals surface area contributed by atoms with E-state index >= 15 is 8.78 Å². The van der Waals surface area contributed by atoms with Crippen LogP contribution in [-0.4, -0.2) is 105 Å². The average Bonchev–Trinajstić information content (AvgIpc) is 3.59. The van der Waals surface area contributed by atoms with Crippen LogP contribution in [0.1, 0.15) is 102 Å². The first-order chi connectivity index (χ1) is 31.3. The molecule has 2 aliphatic heterocycles. The Balaban J connectivity index is 1.89. The van der Waals surface area contributed by atoms with Gasteiger partial charge in [0.2, 0.25) is 11.6 Å². The van der Waals surface area contributed by atoms with Crippen LogP contribution in [0.2, 0.25) is 0 Å². The highest BCUT2D eigenvalue weighted by molar-refractivity contribution is 7.92. The van der Waals surface area contributed by atoms with Crippen LogP contribution in [0.4, 0.5) is 42.1 Å².